The minimum absolute atomic E-state index is 0.0954. The van der Waals surface area contributed by atoms with Crippen LogP contribution < -0.4 is 0 Å². The molecule has 0 aromatic carbocycles. The number of amides is 1. The van der Waals surface area contributed by atoms with E-state index in [1.165, 1.54) is 19.0 Å². The van der Waals surface area contributed by atoms with Gasteiger partial charge in [0, 0.05) is 52.3 Å². The molecule has 1 aliphatic heterocycles. The Bertz CT molecular complexity index is 655. The van der Waals surface area contributed by atoms with E-state index in [1.807, 2.05) is 13.1 Å². The molecule has 0 radical (unpaired) electrons. The molecule has 0 spiro atoms. The molecule has 1 aliphatic rings. The Hall–Kier alpha value is -1.45. The summed E-state index contributed by atoms with van der Waals surface area (Å²) in [6.45, 7) is 2.85. The van der Waals surface area contributed by atoms with Gasteiger partial charge in [0.1, 0.15) is 0 Å². The van der Waals surface area contributed by atoms with E-state index in [0.29, 0.717) is 6.54 Å². The van der Waals surface area contributed by atoms with Gasteiger partial charge in [-0.15, -0.1) is 0 Å². The van der Waals surface area contributed by atoms with Gasteiger partial charge in [0.25, 0.3) is 0 Å². The van der Waals surface area contributed by atoms with Crippen molar-refractivity contribution in [3.63, 3.8) is 0 Å². The van der Waals surface area contributed by atoms with Crippen molar-refractivity contribution in [2.24, 2.45) is 5.92 Å². The van der Waals surface area contributed by atoms with Gasteiger partial charge in [0.2, 0.25) is 15.9 Å². The van der Waals surface area contributed by atoms with Crippen molar-refractivity contribution in [2.75, 3.05) is 32.9 Å². The maximum Gasteiger partial charge on any atom is 0.224 e. The predicted octanol–water partition coefficient (Wildman–Crippen LogP) is -0.708. The Labute approximate surface area is 136 Å². The van der Waals surface area contributed by atoms with Gasteiger partial charge in [-0.25, -0.2) is 12.7 Å². The molecule has 2 atom stereocenters. The number of aromatic nitrogens is 2. The second kappa shape index (κ2) is 6.98. The van der Waals surface area contributed by atoms with Gasteiger partial charge >= 0.3 is 0 Å². The number of hydrogen-bond acceptors (Lipinski definition) is 5. The van der Waals surface area contributed by atoms with E-state index < -0.39 is 22.0 Å². The summed E-state index contributed by atoms with van der Waals surface area (Å²) in [6, 6.07) is 0. The van der Waals surface area contributed by atoms with Crippen molar-refractivity contribution >= 4 is 15.9 Å². The quantitative estimate of drug-likeness (QED) is 0.736. The van der Waals surface area contributed by atoms with E-state index in [0.717, 1.165) is 9.87 Å². The SMILES string of the molecule is Cc1cnn(CCC(=O)N2C[C@@H](CS(=O)(=O)N(C)C)[C@H](O)C2)c1. The molecule has 9 heteroatoms. The van der Waals surface area contributed by atoms with Gasteiger partial charge in [-0.3, -0.25) is 9.48 Å². The largest absolute Gasteiger partial charge is 0.391 e. The Kier molecular flexibility index (Phi) is 5.43. The summed E-state index contributed by atoms with van der Waals surface area (Å²) in [5.41, 5.74) is 1.03. The van der Waals surface area contributed by atoms with Crippen molar-refractivity contribution in [3.05, 3.63) is 18.0 Å². The first kappa shape index (κ1) is 17.9. The van der Waals surface area contributed by atoms with Crippen LogP contribution in [0.25, 0.3) is 0 Å². The molecule has 1 saturated heterocycles. The molecule has 1 N–H and O–H groups in total. The van der Waals surface area contributed by atoms with Crippen LogP contribution in [0.4, 0.5) is 0 Å². The number of β-amino-alcohol motifs (C(OH)–C–C–N with tert-alkyl or cyclic N) is 1. The lowest BCUT2D eigenvalue weighted by Crippen LogP contribution is -2.33. The second-order valence-corrected chi connectivity index (χ2v) is 8.45. The Morgan fingerprint density at radius 2 is 2.13 bits per heavy atom. The van der Waals surface area contributed by atoms with E-state index in [2.05, 4.69) is 5.10 Å². The number of hydrogen-bond donors (Lipinski definition) is 1. The number of rotatable bonds is 6. The van der Waals surface area contributed by atoms with Crippen molar-refractivity contribution in [3.8, 4) is 0 Å². The number of carbonyl (C=O) groups excluding carboxylic acids is 1. The molecule has 0 aliphatic carbocycles. The normalized spacial score (nSPS) is 22.0. The van der Waals surface area contributed by atoms with Gasteiger partial charge in [-0.05, 0) is 12.5 Å². The first-order valence-electron chi connectivity index (χ1n) is 7.54. The smallest absolute Gasteiger partial charge is 0.224 e. The summed E-state index contributed by atoms with van der Waals surface area (Å²) in [6.07, 6.45) is 3.06. The van der Waals surface area contributed by atoms with Gasteiger partial charge < -0.3 is 10.0 Å². The van der Waals surface area contributed by atoms with Gasteiger partial charge in [0.05, 0.1) is 18.1 Å². The maximum absolute atomic E-state index is 12.2. The number of nitrogens with zero attached hydrogens (tertiary/aromatic N) is 4. The number of aryl methyl sites for hydroxylation is 2. The standard InChI is InChI=1S/C14H24N4O4S/c1-11-6-15-18(7-11)5-4-14(20)17-8-12(13(19)9-17)10-23(21,22)16(2)3/h6-7,12-13,19H,4-5,8-10H2,1-3H3/t12-,13+/m0/s1. The number of sulfonamides is 1. The molecule has 0 bridgehead atoms. The number of aliphatic hydroxyl groups excluding tert-OH is 1. The fourth-order valence-corrected chi connectivity index (χ4v) is 3.77. The molecule has 2 heterocycles. The number of aliphatic hydroxyl groups is 1. The lowest BCUT2D eigenvalue weighted by atomic mass is 10.1. The highest BCUT2D eigenvalue weighted by Gasteiger charge is 2.37. The van der Waals surface area contributed by atoms with Crippen molar-refractivity contribution in [2.45, 2.75) is 26.0 Å². The molecule has 2 rings (SSSR count). The lowest BCUT2D eigenvalue weighted by molar-refractivity contribution is -0.130. The van der Waals surface area contributed by atoms with Gasteiger partial charge in [0.15, 0.2) is 0 Å². The molecule has 1 aromatic heterocycles. The first-order chi connectivity index (χ1) is 10.7. The Morgan fingerprint density at radius 3 is 2.70 bits per heavy atom. The number of carbonyl (C=O) groups is 1. The molecule has 1 fully saturated rings. The molecule has 23 heavy (non-hydrogen) atoms. The third-order valence-electron chi connectivity index (χ3n) is 4.06. The monoisotopic (exact) mass is 344 g/mol. The van der Waals surface area contributed by atoms with Gasteiger partial charge in [-0.2, -0.15) is 5.10 Å². The van der Waals surface area contributed by atoms with Crippen LogP contribution in [0, 0.1) is 12.8 Å². The highest BCUT2D eigenvalue weighted by atomic mass is 32.2. The predicted molar refractivity (Wildman–Crippen MR) is 85.1 cm³/mol. The zero-order chi connectivity index (χ0) is 17.2. The molecule has 1 amide bonds. The summed E-state index contributed by atoms with van der Waals surface area (Å²) in [5.74, 6) is -0.691. The Balaban J connectivity index is 1.88. The van der Waals surface area contributed by atoms with Crippen LogP contribution in [0.2, 0.25) is 0 Å². The summed E-state index contributed by atoms with van der Waals surface area (Å²) in [7, 11) is -0.467. The average molecular weight is 344 g/mol. The van der Waals surface area contributed by atoms with Crippen LogP contribution in [0.1, 0.15) is 12.0 Å². The highest BCUT2D eigenvalue weighted by molar-refractivity contribution is 7.89. The van der Waals surface area contributed by atoms with Crippen LogP contribution >= 0.6 is 0 Å². The molecule has 1 aromatic rings. The average Bonchev–Trinajstić information content (AvgIpc) is 3.02. The third kappa shape index (κ3) is 4.52. The summed E-state index contributed by atoms with van der Waals surface area (Å²) < 4.78 is 26.7. The molecule has 130 valence electrons. The first-order valence-corrected chi connectivity index (χ1v) is 9.15. The minimum Gasteiger partial charge on any atom is -0.391 e. The summed E-state index contributed by atoms with van der Waals surface area (Å²) >= 11 is 0. The van der Waals surface area contributed by atoms with E-state index in [4.69, 9.17) is 0 Å². The fourth-order valence-electron chi connectivity index (χ4n) is 2.60. The van der Waals surface area contributed by atoms with Crippen LogP contribution in [0.15, 0.2) is 12.4 Å². The van der Waals surface area contributed by atoms with Crippen molar-refractivity contribution < 1.29 is 18.3 Å². The molecule has 8 nitrogen and oxygen atoms in total. The van der Waals surface area contributed by atoms with E-state index in [9.17, 15) is 18.3 Å². The van der Waals surface area contributed by atoms with Crippen LogP contribution in [-0.4, -0.2) is 77.5 Å². The van der Waals surface area contributed by atoms with E-state index >= 15 is 0 Å². The minimum atomic E-state index is -3.39. The second-order valence-electron chi connectivity index (χ2n) is 6.22. The maximum atomic E-state index is 12.2. The summed E-state index contributed by atoms with van der Waals surface area (Å²) in [4.78, 5) is 13.8. The molecule has 0 saturated carbocycles. The summed E-state index contributed by atoms with van der Waals surface area (Å²) in [5, 5.41) is 14.2. The highest BCUT2D eigenvalue weighted by Crippen LogP contribution is 2.20. The number of likely N-dealkylation sites (tertiary alicyclic amines) is 1. The van der Waals surface area contributed by atoms with Crippen molar-refractivity contribution in [1.29, 1.82) is 0 Å². The molecule has 0 unspecified atom stereocenters. The van der Waals surface area contributed by atoms with Crippen molar-refractivity contribution in [1.82, 2.24) is 19.0 Å². The third-order valence-corrected chi connectivity index (χ3v) is 6.02. The Morgan fingerprint density at radius 1 is 1.43 bits per heavy atom. The zero-order valence-corrected chi connectivity index (χ0v) is 14.5. The van der Waals surface area contributed by atoms with Crippen LogP contribution in [0.3, 0.4) is 0 Å². The van der Waals surface area contributed by atoms with E-state index in [1.54, 1.807) is 10.9 Å². The van der Waals surface area contributed by atoms with Crippen LogP contribution in [-0.2, 0) is 21.4 Å². The fraction of sp³-hybridized carbons (Fsp3) is 0.714. The van der Waals surface area contributed by atoms with Gasteiger partial charge in [-0.1, -0.05) is 0 Å². The zero-order valence-electron chi connectivity index (χ0n) is 13.7. The topological polar surface area (TPSA) is 95.7 Å². The van der Waals surface area contributed by atoms with E-state index in [-0.39, 0.29) is 31.2 Å². The molecular weight excluding hydrogens is 320 g/mol. The lowest BCUT2D eigenvalue weighted by Gasteiger charge is -2.18. The molecular formula is C14H24N4O4S. The van der Waals surface area contributed by atoms with Crippen LogP contribution in [0.5, 0.6) is 0 Å².